The van der Waals surface area contributed by atoms with Crippen molar-refractivity contribution in [1.82, 2.24) is 10.2 Å². The number of halogens is 1. The number of rotatable bonds is 5. The molecule has 1 unspecified atom stereocenters. The quantitative estimate of drug-likeness (QED) is 0.810. The summed E-state index contributed by atoms with van der Waals surface area (Å²) in [6.45, 7) is 4.10. The number of nitrogens with zero attached hydrogens (tertiary/aromatic N) is 1. The maximum atomic E-state index is 12.3. The van der Waals surface area contributed by atoms with Crippen LogP contribution in [-0.2, 0) is 10.4 Å². The lowest BCUT2D eigenvalue weighted by Gasteiger charge is -2.31. The Kier molecular flexibility index (Phi) is 6.06. The SMILES string of the molecule is C#CCN1CCC(C(=O)NCC(C)(O)c2ccccc2Cl)CC1. The number of amides is 1. The Bertz CT molecular complexity index is 587. The number of carbonyl (C=O) groups excluding carboxylic acids is 1. The van der Waals surface area contributed by atoms with Crippen molar-refractivity contribution in [2.24, 2.45) is 5.92 Å². The molecule has 0 aliphatic carbocycles. The molecule has 1 aromatic rings. The van der Waals surface area contributed by atoms with Crippen molar-refractivity contribution < 1.29 is 9.90 Å². The topological polar surface area (TPSA) is 52.6 Å². The lowest BCUT2D eigenvalue weighted by Crippen LogP contribution is -2.44. The van der Waals surface area contributed by atoms with E-state index in [9.17, 15) is 9.90 Å². The standard InChI is InChI=1S/C18H23ClN2O2/c1-3-10-21-11-8-14(9-12-21)17(22)20-13-18(2,23)15-6-4-5-7-16(15)19/h1,4-7,14,23H,8-13H2,2H3,(H,20,22). The molecular weight excluding hydrogens is 312 g/mol. The third-order valence-electron chi connectivity index (χ3n) is 4.33. The zero-order valence-corrected chi connectivity index (χ0v) is 14.1. The first-order valence-electron chi connectivity index (χ1n) is 7.85. The van der Waals surface area contributed by atoms with Crippen molar-refractivity contribution in [1.29, 1.82) is 0 Å². The van der Waals surface area contributed by atoms with E-state index in [0.29, 0.717) is 17.1 Å². The lowest BCUT2D eigenvalue weighted by molar-refractivity contribution is -0.127. The second-order valence-electron chi connectivity index (χ2n) is 6.23. The van der Waals surface area contributed by atoms with Gasteiger partial charge in [-0.25, -0.2) is 0 Å². The number of likely N-dealkylation sites (tertiary alicyclic amines) is 1. The minimum atomic E-state index is -1.20. The van der Waals surface area contributed by atoms with Gasteiger partial charge < -0.3 is 10.4 Å². The number of aliphatic hydroxyl groups is 1. The van der Waals surface area contributed by atoms with Crippen molar-refractivity contribution in [2.45, 2.75) is 25.4 Å². The zero-order valence-electron chi connectivity index (χ0n) is 13.4. The Labute approximate surface area is 142 Å². The largest absolute Gasteiger partial charge is 0.384 e. The summed E-state index contributed by atoms with van der Waals surface area (Å²) in [5, 5.41) is 13.9. The van der Waals surface area contributed by atoms with Gasteiger partial charge in [-0.05, 0) is 38.9 Å². The molecule has 1 heterocycles. The van der Waals surface area contributed by atoms with Crippen LogP contribution < -0.4 is 5.32 Å². The molecule has 1 fully saturated rings. The van der Waals surface area contributed by atoms with Crippen LogP contribution in [0.25, 0.3) is 0 Å². The molecule has 0 spiro atoms. The molecule has 23 heavy (non-hydrogen) atoms. The number of benzene rings is 1. The average molecular weight is 335 g/mol. The van der Waals surface area contributed by atoms with Crippen LogP contribution in [0.15, 0.2) is 24.3 Å². The van der Waals surface area contributed by atoms with Gasteiger partial charge in [0.25, 0.3) is 0 Å². The van der Waals surface area contributed by atoms with Gasteiger partial charge in [-0.15, -0.1) is 6.42 Å². The molecule has 124 valence electrons. The Morgan fingerprint density at radius 1 is 1.48 bits per heavy atom. The number of carbonyl (C=O) groups is 1. The van der Waals surface area contributed by atoms with E-state index in [-0.39, 0.29) is 18.4 Å². The molecule has 4 nitrogen and oxygen atoms in total. The van der Waals surface area contributed by atoms with Crippen LogP contribution in [0.1, 0.15) is 25.3 Å². The fraction of sp³-hybridized carbons (Fsp3) is 0.500. The van der Waals surface area contributed by atoms with Crippen LogP contribution in [0.5, 0.6) is 0 Å². The van der Waals surface area contributed by atoms with Crippen LogP contribution in [0, 0.1) is 18.3 Å². The van der Waals surface area contributed by atoms with Gasteiger partial charge in [0.05, 0.1) is 13.1 Å². The maximum Gasteiger partial charge on any atom is 0.223 e. The second-order valence-corrected chi connectivity index (χ2v) is 6.63. The summed E-state index contributed by atoms with van der Waals surface area (Å²) >= 11 is 6.12. The highest BCUT2D eigenvalue weighted by Crippen LogP contribution is 2.27. The van der Waals surface area contributed by atoms with Crippen molar-refractivity contribution in [3.05, 3.63) is 34.9 Å². The fourth-order valence-corrected chi connectivity index (χ4v) is 3.22. The fourth-order valence-electron chi connectivity index (χ4n) is 2.88. The average Bonchev–Trinajstić information content (AvgIpc) is 2.54. The summed E-state index contributed by atoms with van der Waals surface area (Å²) in [4.78, 5) is 14.5. The summed E-state index contributed by atoms with van der Waals surface area (Å²) in [5.74, 6) is 2.59. The van der Waals surface area contributed by atoms with Crippen LogP contribution in [0.3, 0.4) is 0 Å². The number of hydrogen-bond donors (Lipinski definition) is 2. The number of terminal acetylenes is 1. The molecule has 0 aromatic heterocycles. The van der Waals surface area contributed by atoms with E-state index in [1.165, 1.54) is 0 Å². The zero-order chi connectivity index (χ0) is 16.9. The van der Waals surface area contributed by atoms with Gasteiger partial charge in [-0.3, -0.25) is 9.69 Å². The predicted octanol–water partition coefficient (Wildman–Crippen LogP) is 2.01. The van der Waals surface area contributed by atoms with Crippen LogP contribution in [0.4, 0.5) is 0 Å². The summed E-state index contributed by atoms with van der Waals surface area (Å²) in [6, 6.07) is 7.13. The van der Waals surface area contributed by atoms with Crippen molar-refractivity contribution in [3.8, 4) is 12.3 Å². The normalized spacial score (nSPS) is 18.9. The van der Waals surface area contributed by atoms with E-state index in [0.717, 1.165) is 25.9 Å². The smallest absolute Gasteiger partial charge is 0.223 e. The van der Waals surface area contributed by atoms with Crippen LogP contribution >= 0.6 is 11.6 Å². The molecular formula is C18H23ClN2O2. The number of nitrogens with one attached hydrogen (secondary N) is 1. The maximum absolute atomic E-state index is 12.3. The van der Waals surface area contributed by atoms with E-state index < -0.39 is 5.60 Å². The van der Waals surface area contributed by atoms with E-state index in [1.807, 2.05) is 12.1 Å². The number of hydrogen-bond acceptors (Lipinski definition) is 3. The molecule has 0 bridgehead atoms. The Hall–Kier alpha value is -1.54. The lowest BCUT2D eigenvalue weighted by atomic mass is 9.93. The van der Waals surface area contributed by atoms with E-state index in [1.54, 1.807) is 19.1 Å². The van der Waals surface area contributed by atoms with Gasteiger partial charge >= 0.3 is 0 Å². The first-order valence-corrected chi connectivity index (χ1v) is 8.23. The second kappa shape index (κ2) is 7.83. The summed E-state index contributed by atoms with van der Waals surface area (Å²) < 4.78 is 0. The summed E-state index contributed by atoms with van der Waals surface area (Å²) in [6.07, 6.45) is 6.89. The Morgan fingerprint density at radius 3 is 2.74 bits per heavy atom. The van der Waals surface area contributed by atoms with E-state index in [4.69, 9.17) is 18.0 Å². The Balaban J connectivity index is 1.87. The molecule has 2 rings (SSSR count). The highest BCUT2D eigenvalue weighted by atomic mass is 35.5. The van der Waals surface area contributed by atoms with Gasteiger partial charge in [0.1, 0.15) is 5.60 Å². The molecule has 0 radical (unpaired) electrons. The molecule has 1 atom stereocenters. The predicted molar refractivity (Wildman–Crippen MR) is 92.0 cm³/mol. The molecule has 1 aliphatic heterocycles. The summed E-state index contributed by atoms with van der Waals surface area (Å²) in [5.41, 5.74) is -0.580. The molecule has 5 heteroatoms. The monoisotopic (exact) mass is 334 g/mol. The van der Waals surface area contributed by atoms with Crippen molar-refractivity contribution in [2.75, 3.05) is 26.2 Å². The van der Waals surface area contributed by atoms with Gasteiger partial charge in [0.2, 0.25) is 5.91 Å². The van der Waals surface area contributed by atoms with E-state index >= 15 is 0 Å². The third-order valence-corrected chi connectivity index (χ3v) is 4.66. The highest BCUT2D eigenvalue weighted by molar-refractivity contribution is 6.31. The molecule has 0 saturated carbocycles. The van der Waals surface area contributed by atoms with Crippen LogP contribution in [-0.4, -0.2) is 42.1 Å². The Morgan fingerprint density at radius 2 is 2.13 bits per heavy atom. The van der Waals surface area contributed by atoms with Crippen LogP contribution in [0.2, 0.25) is 5.02 Å². The van der Waals surface area contributed by atoms with Gasteiger partial charge in [0.15, 0.2) is 0 Å². The molecule has 2 N–H and O–H groups in total. The molecule has 1 saturated heterocycles. The third kappa shape index (κ3) is 4.71. The van der Waals surface area contributed by atoms with Crippen molar-refractivity contribution in [3.63, 3.8) is 0 Å². The molecule has 1 aliphatic rings. The van der Waals surface area contributed by atoms with Crippen molar-refractivity contribution >= 4 is 17.5 Å². The van der Waals surface area contributed by atoms with E-state index in [2.05, 4.69) is 16.1 Å². The highest BCUT2D eigenvalue weighted by Gasteiger charge is 2.29. The van der Waals surface area contributed by atoms with Gasteiger partial charge in [0, 0.05) is 16.5 Å². The molecule has 1 amide bonds. The van der Waals surface area contributed by atoms with Gasteiger partial charge in [-0.2, -0.15) is 0 Å². The first kappa shape index (κ1) is 17.8. The minimum absolute atomic E-state index is 0.0160. The van der Waals surface area contributed by atoms with Gasteiger partial charge in [-0.1, -0.05) is 35.7 Å². The minimum Gasteiger partial charge on any atom is -0.384 e. The molecule has 1 aromatic carbocycles. The summed E-state index contributed by atoms with van der Waals surface area (Å²) in [7, 11) is 0. The first-order chi connectivity index (χ1) is 10.9. The number of piperidine rings is 1.